The van der Waals surface area contributed by atoms with E-state index in [4.69, 9.17) is 0 Å². The van der Waals surface area contributed by atoms with Crippen LogP contribution in [0.4, 0.5) is 0 Å². The molecule has 0 saturated carbocycles. The van der Waals surface area contributed by atoms with Crippen LogP contribution in [0.3, 0.4) is 0 Å². The topological polar surface area (TPSA) is 57.5 Å². The maximum absolute atomic E-state index is 11.6. The van der Waals surface area contributed by atoms with Crippen molar-refractivity contribution in [1.82, 2.24) is 0 Å². The van der Waals surface area contributed by atoms with Gasteiger partial charge in [0.2, 0.25) is 0 Å². The smallest absolute Gasteiger partial charge is 0.163 e. The van der Waals surface area contributed by atoms with Crippen LogP contribution in [0.15, 0.2) is 6.07 Å². The average Bonchev–Trinajstić information content (AvgIpc) is 2.14. The van der Waals surface area contributed by atoms with Crippen molar-refractivity contribution >= 4 is 5.78 Å². The van der Waals surface area contributed by atoms with Crippen molar-refractivity contribution in [2.75, 3.05) is 0 Å². The Morgan fingerprint density at radius 1 is 1.29 bits per heavy atom. The minimum atomic E-state index is -0.129. The quantitative estimate of drug-likeness (QED) is 0.617. The summed E-state index contributed by atoms with van der Waals surface area (Å²) in [5, 5.41) is 19.0. The van der Waals surface area contributed by atoms with Crippen LogP contribution in [0, 0.1) is 6.92 Å². The molecule has 0 unspecified atom stereocenters. The SMILES string of the molecule is Cc1cc(O)c(O)c2c1C(=O)CCC2. The lowest BCUT2D eigenvalue weighted by atomic mass is 9.87. The maximum atomic E-state index is 11.6. The third kappa shape index (κ3) is 1.16. The number of carbonyl (C=O) groups excluding carboxylic acids is 1. The van der Waals surface area contributed by atoms with Gasteiger partial charge in [0.25, 0.3) is 0 Å². The summed E-state index contributed by atoms with van der Waals surface area (Å²) in [7, 11) is 0. The summed E-state index contributed by atoms with van der Waals surface area (Å²) >= 11 is 0. The fraction of sp³-hybridized carbons (Fsp3) is 0.364. The normalized spacial score (nSPS) is 15.4. The number of aromatic hydroxyl groups is 2. The summed E-state index contributed by atoms with van der Waals surface area (Å²) in [6.45, 7) is 1.78. The van der Waals surface area contributed by atoms with E-state index >= 15 is 0 Å². The zero-order valence-corrected chi connectivity index (χ0v) is 8.00. The minimum absolute atomic E-state index is 0.0686. The van der Waals surface area contributed by atoms with Gasteiger partial charge in [-0.15, -0.1) is 0 Å². The Kier molecular flexibility index (Phi) is 1.95. The monoisotopic (exact) mass is 192 g/mol. The Hall–Kier alpha value is -1.51. The first-order valence-electron chi connectivity index (χ1n) is 4.69. The van der Waals surface area contributed by atoms with Gasteiger partial charge in [0.05, 0.1) is 0 Å². The Morgan fingerprint density at radius 2 is 2.00 bits per heavy atom. The molecule has 0 heterocycles. The number of benzene rings is 1. The van der Waals surface area contributed by atoms with Gasteiger partial charge in [-0.1, -0.05) is 0 Å². The molecular weight excluding hydrogens is 180 g/mol. The summed E-state index contributed by atoms with van der Waals surface area (Å²) in [5.41, 5.74) is 1.96. The third-order valence-corrected chi connectivity index (χ3v) is 2.69. The number of carbonyl (C=O) groups is 1. The molecule has 0 aromatic heterocycles. The zero-order chi connectivity index (χ0) is 10.3. The maximum Gasteiger partial charge on any atom is 0.163 e. The van der Waals surface area contributed by atoms with E-state index in [9.17, 15) is 15.0 Å². The van der Waals surface area contributed by atoms with E-state index in [-0.39, 0.29) is 17.3 Å². The highest BCUT2D eigenvalue weighted by Gasteiger charge is 2.23. The molecule has 3 heteroatoms. The van der Waals surface area contributed by atoms with Gasteiger partial charge in [-0.05, 0) is 31.4 Å². The third-order valence-electron chi connectivity index (χ3n) is 2.69. The predicted octanol–water partition coefficient (Wildman–Crippen LogP) is 1.93. The van der Waals surface area contributed by atoms with Gasteiger partial charge in [-0.25, -0.2) is 0 Å². The molecular formula is C11H12O3. The largest absolute Gasteiger partial charge is 0.504 e. The van der Waals surface area contributed by atoms with Crippen molar-refractivity contribution in [3.05, 3.63) is 22.8 Å². The van der Waals surface area contributed by atoms with Crippen molar-refractivity contribution in [3.8, 4) is 11.5 Å². The molecule has 0 saturated heterocycles. The summed E-state index contributed by atoms with van der Waals surface area (Å²) in [4.78, 5) is 11.6. The number of Topliss-reactive ketones (excluding diaryl/α,β-unsaturated/α-hetero) is 1. The summed E-state index contributed by atoms with van der Waals surface area (Å²) < 4.78 is 0. The van der Waals surface area contributed by atoms with Crippen LogP contribution in [0.5, 0.6) is 11.5 Å². The van der Waals surface area contributed by atoms with Gasteiger partial charge in [0.1, 0.15) is 0 Å². The van der Waals surface area contributed by atoms with Crippen molar-refractivity contribution in [2.24, 2.45) is 0 Å². The van der Waals surface area contributed by atoms with Crippen LogP contribution < -0.4 is 0 Å². The molecule has 0 fully saturated rings. The molecule has 0 atom stereocenters. The Balaban J connectivity index is 2.72. The lowest BCUT2D eigenvalue weighted by Gasteiger charge is -2.18. The molecule has 2 rings (SSSR count). The van der Waals surface area contributed by atoms with Gasteiger partial charge in [-0.3, -0.25) is 4.79 Å². The fourth-order valence-corrected chi connectivity index (χ4v) is 2.04. The van der Waals surface area contributed by atoms with Crippen LogP contribution in [0.25, 0.3) is 0 Å². The van der Waals surface area contributed by atoms with Crippen molar-refractivity contribution in [1.29, 1.82) is 0 Å². The molecule has 0 bridgehead atoms. The molecule has 0 radical (unpaired) electrons. The zero-order valence-electron chi connectivity index (χ0n) is 8.00. The fourth-order valence-electron chi connectivity index (χ4n) is 2.04. The van der Waals surface area contributed by atoms with Crippen molar-refractivity contribution in [3.63, 3.8) is 0 Å². The molecule has 3 nitrogen and oxygen atoms in total. The molecule has 0 amide bonds. The first kappa shape index (κ1) is 9.06. The van der Waals surface area contributed by atoms with E-state index in [1.165, 1.54) is 6.07 Å². The standard InChI is InChI=1S/C11H12O3/c1-6-5-9(13)11(14)7-3-2-4-8(12)10(6)7/h5,13-14H,2-4H2,1H3. The van der Waals surface area contributed by atoms with Gasteiger partial charge in [0.15, 0.2) is 17.3 Å². The average molecular weight is 192 g/mol. The number of rotatable bonds is 0. The van der Waals surface area contributed by atoms with E-state index in [0.717, 1.165) is 12.0 Å². The first-order chi connectivity index (χ1) is 6.61. The van der Waals surface area contributed by atoms with Crippen molar-refractivity contribution < 1.29 is 15.0 Å². The highest BCUT2D eigenvalue weighted by atomic mass is 16.3. The molecule has 1 aromatic rings. The number of aryl methyl sites for hydroxylation is 1. The summed E-state index contributed by atoms with van der Waals surface area (Å²) in [6.07, 6.45) is 1.96. The number of phenols is 2. The highest BCUT2D eigenvalue weighted by Crippen LogP contribution is 2.37. The van der Waals surface area contributed by atoms with Gasteiger partial charge in [0, 0.05) is 17.5 Å². The summed E-state index contributed by atoms with van der Waals surface area (Å²) in [6, 6.07) is 1.44. The molecule has 1 aliphatic carbocycles. The predicted molar refractivity (Wildman–Crippen MR) is 51.8 cm³/mol. The van der Waals surface area contributed by atoms with E-state index in [2.05, 4.69) is 0 Å². The Labute approximate surface area is 82.0 Å². The molecule has 0 aliphatic heterocycles. The van der Waals surface area contributed by atoms with Crippen LogP contribution in [-0.2, 0) is 6.42 Å². The molecule has 2 N–H and O–H groups in total. The number of fused-ring (bicyclic) bond motifs is 1. The van der Waals surface area contributed by atoms with Crippen LogP contribution in [-0.4, -0.2) is 16.0 Å². The second-order valence-corrected chi connectivity index (χ2v) is 3.69. The Bertz CT molecular complexity index is 407. The Morgan fingerprint density at radius 3 is 2.71 bits per heavy atom. The van der Waals surface area contributed by atoms with E-state index in [1.54, 1.807) is 6.92 Å². The molecule has 0 spiro atoms. The molecule has 1 aliphatic rings. The van der Waals surface area contributed by atoms with E-state index < -0.39 is 0 Å². The number of ketones is 1. The second kappa shape index (κ2) is 3.01. The second-order valence-electron chi connectivity index (χ2n) is 3.69. The van der Waals surface area contributed by atoms with E-state index in [1.807, 2.05) is 0 Å². The van der Waals surface area contributed by atoms with Crippen molar-refractivity contribution in [2.45, 2.75) is 26.2 Å². The summed E-state index contributed by atoms with van der Waals surface area (Å²) in [5.74, 6) is -0.186. The van der Waals surface area contributed by atoms with Crippen LogP contribution in [0.2, 0.25) is 0 Å². The van der Waals surface area contributed by atoms with E-state index in [0.29, 0.717) is 24.0 Å². The van der Waals surface area contributed by atoms with Gasteiger partial charge in [-0.2, -0.15) is 0 Å². The van der Waals surface area contributed by atoms with Gasteiger partial charge < -0.3 is 10.2 Å². The highest BCUT2D eigenvalue weighted by molar-refractivity contribution is 6.00. The lowest BCUT2D eigenvalue weighted by Crippen LogP contribution is -2.12. The molecule has 14 heavy (non-hydrogen) atoms. The number of hydrogen-bond acceptors (Lipinski definition) is 3. The molecule has 74 valence electrons. The number of hydrogen-bond donors (Lipinski definition) is 2. The van der Waals surface area contributed by atoms with Gasteiger partial charge >= 0.3 is 0 Å². The van der Waals surface area contributed by atoms with Crippen LogP contribution >= 0.6 is 0 Å². The first-order valence-corrected chi connectivity index (χ1v) is 4.69. The number of phenolic OH excluding ortho intramolecular Hbond substituents is 2. The van der Waals surface area contributed by atoms with Crippen LogP contribution in [0.1, 0.15) is 34.3 Å². The molecule has 1 aromatic carbocycles. The minimum Gasteiger partial charge on any atom is -0.504 e. The lowest BCUT2D eigenvalue weighted by molar-refractivity contribution is 0.0971.